The second-order valence-electron chi connectivity index (χ2n) is 8.09. The lowest BCUT2D eigenvalue weighted by Gasteiger charge is -2.28. The van der Waals surface area contributed by atoms with E-state index in [4.69, 9.17) is 12.2 Å². The molecule has 33 heavy (non-hydrogen) atoms. The molecule has 0 aliphatic carbocycles. The second kappa shape index (κ2) is 9.05. The van der Waals surface area contributed by atoms with Crippen molar-refractivity contribution in [3.05, 3.63) is 111 Å². The van der Waals surface area contributed by atoms with Gasteiger partial charge in [0, 0.05) is 32.2 Å². The SMILES string of the molecule is Cc1cc([C@@H]2[C@H](c3ccccn3)NC(=S)N2c2ccc(Br)cc2)c(C)n1-c1ccccc1Br. The van der Waals surface area contributed by atoms with Crippen LogP contribution < -0.4 is 10.2 Å². The Bertz CT molecular complexity index is 1320. The van der Waals surface area contributed by atoms with Gasteiger partial charge in [-0.2, -0.15) is 0 Å². The second-order valence-corrected chi connectivity index (χ2v) is 10.2. The number of para-hydroxylation sites is 1. The highest BCUT2D eigenvalue weighted by atomic mass is 79.9. The fraction of sp³-hybridized carbons (Fsp3) is 0.154. The molecule has 1 aliphatic rings. The highest BCUT2D eigenvalue weighted by molar-refractivity contribution is 9.10. The molecular weight excluding hydrogens is 560 g/mol. The summed E-state index contributed by atoms with van der Waals surface area (Å²) >= 11 is 13.1. The predicted molar refractivity (Wildman–Crippen MR) is 145 cm³/mol. The lowest BCUT2D eigenvalue weighted by Crippen LogP contribution is -2.29. The highest BCUT2D eigenvalue weighted by Crippen LogP contribution is 2.44. The number of nitrogens with zero attached hydrogens (tertiary/aromatic N) is 3. The zero-order valence-electron chi connectivity index (χ0n) is 18.2. The summed E-state index contributed by atoms with van der Waals surface area (Å²) in [7, 11) is 0. The van der Waals surface area contributed by atoms with Gasteiger partial charge in [-0.05, 0) is 102 Å². The molecule has 1 aliphatic heterocycles. The standard InChI is InChI=1S/C26H22Br2N4S/c1-16-15-20(17(2)31(16)23-9-4-3-7-21(23)28)25-24(22-8-5-6-14-29-22)30-26(33)32(25)19-12-10-18(27)11-13-19/h3-15,24-25H,1-2H3,(H,30,33)/t24-,25+/m0/s1. The third-order valence-corrected chi connectivity index (χ3v) is 7.60. The van der Waals surface area contributed by atoms with Crippen LogP contribution in [0.1, 0.15) is 34.7 Å². The average molecular weight is 582 g/mol. The van der Waals surface area contributed by atoms with Crippen molar-refractivity contribution in [3.8, 4) is 5.69 Å². The first-order valence-corrected chi connectivity index (χ1v) is 12.6. The van der Waals surface area contributed by atoms with E-state index in [0.29, 0.717) is 5.11 Å². The number of halogens is 2. The van der Waals surface area contributed by atoms with Crippen LogP contribution in [-0.2, 0) is 0 Å². The molecule has 7 heteroatoms. The van der Waals surface area contributed by atoms with Crippen LogP contribution in [0, 0.1) is 13.8 Å². The summed E-state index contributed by atoms with van der Waals surface area (Å²) < 4.78 is 4.40. The summed E-state index contributed by atoms with van der Waals surface area (Å²) in [6.07, 6.45) is 1.84. The number of benzene rings is 2. The maximum atomic E-state index is 5.87. The van der Waals surface area contributed by atoms with Gasteiger partial charge in [-0.1, -0.05) is 34.1 Å². The summed E-state index contributed by atoms with van der Waals surface area (Å²) in [5, 5.41) is 4.25. The number of nitrogens with one attached hydrogen (secondary N) is 1. The van der Waals surface area contributed by atoms with Crippen molar-refractivity contribution < 1.29 is 0 Å². The third-order valence-electron chi connectivity index (χ3n) is 6.09. The smallest absolute Gasteiger partial charge is 0.174 e. The maximum absolute atomic E-state index is 5.87. The number of pyridine rings is 1. The van der Waals surface area contributed by atoms with Gasteiger partial charge in [-0.25, -0.2) is 0 Å². The van der Waals surface area contributed by atoms with Crippen LogP contribution in [0.2, 0.25) is 0 Å². The van der Waals surface area contributed by atoms with E-state index in [1.807, 2.05) is 36.5 Å². The third kappa shape index (κ3) is 4.03. The lowest BCUT2D eigenvalue weighted by atomic mass is 9.96. The number of thiocarbonyl (C=S) groups is 1. The van der Waals surface area contributed by atoms with E-state index in [2.05, 4.69) is 108 Å². The number of aromatic nitrogens is 2. The Morgan fingerprint density at radius 2 is 1.67 bits per heavy atom. The molecule has 4 aromatic rings. The quantitative estimate of drug-likeness (QED) is 0.259. The fourth-order valence-corrected chi connectivity index (χ4v) is 5.71. The Kier molecular flexibility index (Phi) is 6.12. The number of hydrogen-bond acceptors (Lipinski definition) is 2. The van der Waals surface area contributed by atoms with E-state index in [-0.39, 0.29) is 12.1 Å². The molecule has 2 aromatic carbocycles. The van der Waals surface area contributed by atoms with Crippen LogP contribution in [0.25, 0.3) is 5.69 Å². The van der Waals surface area contributed by atoms with Gasteiger partial charge in [0.2, 0.25) is 0 Å². The van der Waals surface area contributed by atoms with Crippen LogP contribution in [0.3, 0.4) is 0 Å². The largest absolute Gasteiger partial charge is 0.351 e. The minimum absolute atomic E-state index is 0.0454. The van der Waals surface area contributed by atoms with Crippen LogP contribution >= 0.6 is 44.1 Å². The minimum Gasteiger partial charge on any atom is -0.351 e. The van der Waals surface area contributed by atoms with Crippen molar-refractivity contribution in [2.75, 3.05) is 4.90 Å². The molecule has 5 rings (SSSR count). The van der Waals surface area contributed by atoms with Gasteiger partial charge in [0.15, 0.2) is 5.11 Å². The van der Waals surface area contributed by atoms with E-state index in [1.54, 1.807) is 0 Å². The maximum Gasteiger partial charge on any atom is 0.174 e. The number of rotatable bonds is 4. The molecule has 2 aromatic heterocycles. The summed E-state index contributed by atoms with van der Waals surface area (Å²) in [5.74, 6) is 0. The number of hydrogen-bond donors (Lipinski definition) is 1. The zero-order valence-corrected chi connectivity index (χ0v) is 22.2. The van der Waals surface area contributed by atoms with Crippen LogP contribution in [0.5, 0.6) is 0 Å². The molecule has 1 saturated heterocycles. The molecule has 1 fully saturated rings. The zero-order chi connectivity index (χ0) is 23.1. The molecular formula is C26H22Br2N4S. The topological polar surface area (TPSA) is 33.1 Å². The van der Waals surface area contributed by atoms with Gasteiger partial charge >= 0.3 is 0 Å². The van der Waals surface area contributed by atoms with Crippen molar-refractivity contribution in [2.45, 2.75) is 25.9 Å². The van der Waals surface area contributed by atoms with Gasteiger partial charge in [0.25, 0.3) is 0 Å². The Hall–Kier alpha value is -2.48. The first-order chi connectivity index (χ1) is 16.0. The van der Waals surface area contributed by atoms with E-state index < -0.39 is 0 Å². The molecule has 4 nitrogen and oxygen atoms in total. The van der Waals surface area contributed by atoms with Gasteiger partial charge < -0.3 is 14.8 Å². The van der Waals surface area contributed by atoms with Gasteiger partial charge in [-0.15, -0.1) is 0 Å². The Balaban J connectivity index is 1.69. The van der Waals surface area contributed by atoms with E-state index in [0.717, 1.165) is 26.0 Å². The average Bonchev–Trinajstić information content (AvgIpc) is 3.31. The first kappa shape index (κ1) is 22.3. The summed E-state index contributed by atoms with van der Waals surface area (Å²) in [6, 6.07) is 24.8. The molecule has 166 valence electrons. The van der Waals surface area contributed by atoms with Gasteiger partial charge in [-0.3, -0.25) is 4.98 Å². The number of aryl methyl sites for hydroxylation is 1. The van der Waals surface area contributed by atoms with Crippen molar-refractivity contribution in [3.63, 3.8) is 0 Å². The van der Waals surface area contributed by atoms with E-state index >= 15 is 0 Å². The highest BCUT2D eigenvalue weighted by Gasteiger charge is 2.42. The van der Waals surface area contributed by atoms with Crippen LogP contribution in [0.15, 0.2) is 87.9 Å². The summed E-state index contributed by atoms with van der Waals surface area (Å²) in [6.45, 7) is 4.33. The predicted octanol–water partition coefficient (Wildman–Crippen LogP) is 7.19. The van der Waals surface area contributed by atoms with Crippen molar-refractivity contribution >= 4 is 54.9 Å². The van der Waals surface area contributed by atoms with Crippen molar-refractivity contribution in [1.82, 2.24) is 14.9 Å². The normalized spacial score (nSPS) is 17.9. The molecule has 3 heterocycles. The summed E-state index contributed by atoms with van der Waals surface area (Å²) in [4.78, 5) is 6.89. The molecule has 0 unspecified atom stereocenters. The minimum atomic E-state index is -0.0736. The van der Waals surface area contributed by atoms with E-state index in [9.17, 15) is 0 Å². The molecule has 0 bridgehead atoms. The molecule has 2 atom stereocenters. The van der Waals surface area contributed by atoms with Crippen LogP contribution in [-0.4, -0.2) is 14.7 Å². The molecule has 1 N–H and O–H groups in total. The molecule has 0 spiro atoms. The van der Waals surface area contributed by atoms with Gasteiger partial charge in [0.1, 0.15) is 0 Å². The Morgan fingerprint density at radius 3 is 2.36 bits per heavy atom. The Morgan fingerprint density at radius 1 is 0.939 bits per heavy atom. The van der Waals surface area contributed by atoms with Crippen LogP contribution in [0.4, 0.5) is 5.69 Å². The fourth-order valence-electron chi connectivity index (χ4n) is 4.64. The van der Waals surface area contributed by atoms with E-state index in [1.165, 1.54) is 17.0 Å². The van der Waals surface area contributed by atoms with Gasteiger partial charge in [0.05, 0.1) is 23.5 Å². The molecule has 0 amide bonds. The monoisotopic (exact) mass is 580 g/mol. The summed E-state index contributed by atoms with van der Waals surface area (Å²) in [5.41, 5.74) is 6.70. The molecule has 0 saturated carbocycles. The lowest BCUT2D eigenvalue weighted by molar-refractivity contribution is 0.565. The van der Waals surface area contributed by atoms with Crippen molar-refractivity contribution in [1.29, 1.82) is 0 Å². The number of anilines is 1. The molecule has 0 radical (unpaired) electrons. The Labute approximate surface area is 215 Å². The van der Waals surface area contributed by atoms with Crippen molar-refractivity contribution in [2.24, 2.45) is 0 Å². The first-order valence-electron chi connectivity index (χ1n) is 10.7.